The van der Waals surface area contributed by atoms with Crippen LogP contribution in [0.3, 0.4) is 0 Å². The lowest BCUT2D eigenvalue weighted by Crippen LogP contribution is -2.32. The number of pyridine rings is 1. The molecule has 0 unspecified atom stereocenters. The van der Waals surface area contributed by atoms with Crippen molar-refractivity contribution < 1.29 is 18.4 Å². The summed E-state index contributed by atoms with van der Waals surface area (Å²) in [4.78, 5) is 14.5. The van der Waals surface area contributed by atoms with Gasteiger partial charge in [-0.2, -0.15) is 0 Å². The lowest BCUT2D eigenvalue weighted by atomic mass is 10.0. The molecule has 0 atom stereocenters. The quantitative estimate of drug-likeness (QED) is 0.131. The van der Waals surface area contributed by atoms with Crippen LogP contribution in [0.1, 0.15) is 12.0 Å². The predicted molar refractivity (Wildman–Crippen MR) is 153 cm³/mol. The van der Waals surface area contributed by atoms with Gasteiger partial charge in [0.15, 0.2) is 0 Å². The van der Waals surface area contributed by atoms with Gasteiger partial charge in [0.25, 0.3) is 5.69 Å². The van der Waals surface area contributed by atoms with Crippen LogP contribution in [0.5, 0.6) is 5.75 Å². The van der Waals surface area contributed by atoms with Crippen molar-refractivity contribution in [3.63, 3.8) is 0 Å². The van der Waals surface area contributed by atoms with Gasteiger partial charge in [-0.1, -0.05) is 30.3 Å². The second kappa shape index (κ2) is 14.0. The van der Waals surface area contributed by atoms with Gasteiger partial charge >= 0.3 is 0 Å². The van der Waals surface area contributed by atoms with Gasteiger partial charge in [0.2, 0.25) is 10.0 Å². The van der Waals surface area contributed by atoms with E-state index in [0.29, 0.717) is 35.0 Å². The van der Waals surface area contributed by atoms with Gasteiger partial charge in [0.05, 0.1) is 9.82 Å². The number of aryl methyl sites for hydroxylation is 1. The van der Waals surface area contributed by atoms with Crippen LogP contribution in [0.4, 0.5) is 5.69 Å². The molecular weight excluding hydrogens is 551 g/mol. The first-order chi connectivity index (χ1) is 17.3. The van der Waals surface area contributed by atoms with E-state index in [4.69, 9.17) is 0 Å². The largest absolute Gasteiger partial charge is 0.507 e. The molecule has 0 amide bonds. The van der Waals surface area contributed by atoms with Crippen molar-refractivity contribution in [2.75, 3.05) is 19.6 Å². The molecule has 38 heavy (non-hydrogen) atoms. The first kappa shape index (κ1) is 30.9. The molecule has 0 aliphatic rings. The molecule has 3 N–H and O–H groups in total. The molecule has 0 bridgehead atoms. The highest BCUT2D eigenvalue weighted by Crippen LogP contribution is 2.34. The Bertz CT molecular complexity index is 1490. The van der Waals surface area contributed by atoms with Crippen LogP contribution in [0.2, 0.25) is 0 Å². The third-order valence-electron chi connectivity index (χ3n) is 5.78. The fourth-order valence-electron chi connectivity index (χ4n) is 3.95. The normalized spacial score (nSPS) is 10.9. The maximum atomic E-state index is 13.2. The number of halogens is 2. The smallest absolute Gasteiger partial charge is 0.269 e. The van der Waals surface area contributed by atoms with E-state index < -0.39 is 14.9 Å². The number of phenolic OH excluding ortho intramolecular Hbond substituents is 1. The number of para-hydroxylation sites is 1. The average Bonchev–Trinajstić information content (AvgIpc) is 2.88. The van der Waals surface area contributed by atoms with Gasteiger partial charge in [-0.05, 0) is 54.8 Å². The Morgan fingerprint density at radius 3 is 2.39 bits per heavy atom. The van der Waals surface area contributed by atoms with E-state index in [1.54, 1.807) is 60.9 Å². The minimum absolute atomic E-state index is 0. The minimum Gasteiger partial charge on any atom is -0.507 e. The molecule has 0 aliphatic heterocycles. The number of non-ortho nitro benzene ring substituents is 1. The topological polar surface area (TPSA) is 134 Å². The monoisotopic (exact) mass is 578 g/mol. The molecule has 4 aromatic rings. The highest BCUT2D eigenvalue weighted by atomic mass is 35.5. The second-order valence-electron chi connectivity index (χ2n) is 8.26. The second-order valence-corrected chi connectivity index (χ2v) is 10.00. The number of nitrogens with zero attached hydrogens (tertiary/aromatic N) is 2. The zero-order valence-corrected chi connectivity index (χ0v) is 22.7. The Labute approximate surface area is 233 Å². The number of hydrogen-bond donors (Lipinski definition) is 3. The number of fused-ring (bicyclic) bond motifs is 1. The Morgan fingerprint density at radius 1 is 0.947 bits per heavy atom. The van der Waals surface area contributed by atoms with Crippen molar-refractivity contribution in [3.8, 4) is 16.9 Å². The van der Waals surface area contributed by atoms with Crippen molar-refractivity contribution in [1.82, 2.24) is 15.0 Å². The summed E-state index contributed by atoms with van der Waals surface area (Å²) in [6.45, 7) is 1.32. The van der Waals surface area contributed by atoms with E-state index >= 15 is 0 Å². The van der Waals surface area contributed by atoms with Crippen molar-refractivity contribution in [2.45, 2.75) is 17.7 Å². The zero-order valence-electron chi connectivity index (χ0n) is 20.2. The number of hydrogen-bond acceptors (Lipinski definition) is 7. The van der Waals surface area contributed by atoms with Gasteiger partial charge in [0.1, 0.15) is 5.75 Å². The number of rotatable bonds is 11. The molecule has 1 heterocycles. The van der Waals surface area contributed by atoms with E-state index in [9.17, 15) is 23.6 Å². The fraction of sp³-hybridized carbons (Fsp3) is 0.192. The van der Waals surface area contributed by atoms with Crippen molar-refractivity contribution in [3.05, 3.63) is 94.8 Å². The lowest BCUT2D eigenvalue weighted by molar-refractivity contribution is -0.384. The van der Waals surface area contributed by atoms with Crippen LogP contribution in [-0.2, 0) is 16.4 Å². The average molecular weight is 580 g/mol. The standard InChI is InChI=1S/C26H26N4O5S.2ClH/c31-25-6-2-1-5-23(25)20-16-21-18-28-13-11-24(21)26(17-20)36(34,35)29-15-14-27-12-3-4-19-7-9-22(10-8-19)30(32)33;;/h1-2,5-11,13,16-18,27,29,31H,3-4,12,14-15H2;2*1H. The molecule has 1 aromatic heterocycles. The third-order valence-corrected chi connectivity index (χ3v) is 7.28. The van der Waals surface area contributed by atoms with Crippen LogP contribution in [0.25, 0.3) is 21.9 Å². The zero-order chi connectivity index (χ0) is 25.5. The minimum atomic E-state index is -3.83. The molecule has 9 nitrogen and oxygen atoms in total. The van der Waals surface area contributed by atoms with E-state index in [1.807, 2.05) is 6.07 Å². The highest BCUT2D eigenvalue weighted by Gasteiger charge is 2.19. The molecule has 0 saturated carbocycles. The number of nitro benzene ring substituents is 1. The van der Waals surface area contributed by atoms with Crippen LogP contribution < -0.4 is 10.0 Å². The van der Waals surface area contributed by atoms with Crippen LogP contribution in [0, 0.1) is 10.1 Å². The van der Waals surface area contributed by atoms with Crippen LogP contribution >= 0.6 is 24.8 Å². The van der Waals surface area contributed by atoms with Gasteiger partial charge < -0.3 is 10.4 Å². The molecule has 3 aromatic carbocycles. The summed E-state index contributed by atoms with van der Waals surface area (Å²) in [6, 6.07) is 18.3. The number of phenols is 1. The van der Waals surface area contributed by atoms with Crippen LogP contribution in [-0.4, -0.2) is 43.1 Å². The fourth-order valence-corrected chi connectivity index (χ4v) is 5.23. The summed E-state index contributed by atoms with van der Waals surface area (Å²) in [5, 5.41) is 25.4. The third kappa shape index (κ3) is 7.62. The summed E-state index contributed by atoms with van der Waals surface area (Å²) in [7, 11) is -3.83. The van der Waals surface area contributed by atoms with E-state index in [2.05, 4.69) is 15.0 Å². The molecule has 4 rings (SSSR count). The van der Waals surface area contributed by atoms with E-state index in [1.165, 1.54) is 12.1 Å². The van der Waals surface area contributed by atoms with Crippen molar-refractivity contribution in [2.24, 2.45) is 0 Å². The van der Waals surface area contributed by atoms with E-state index in [0.717, 1.165) is 18.4 Å². The number of aromatic hydroxyl groups is 1. The number of benzene rings is 3. The van der Waals surface area contributed by atoms with Crippen LogP contribution in [0.15, 0.2) is 84.0 Å². The molecule has 202 valence electrons. The van der Waals surface area contributed by atoms with Gasteiger partial charge in [-0.25, -0.2) is 13.1 Å². The summed E-state index contributed by atoms with van der Waals surface area (Å²) >= 11 is 0. The Morgan fingerprint density at radius 2 is 1.68 bits per heavy atom. The SMILES string of the molecule is Cl.Cl.O=[N+]([O-])c1ccc(CCCNCCNS(=O)(=O)c2cc(-c3ccccc3O)cc3cnccc23)cc1. The number of nitro groups is 1. The maximum Gasteiger partial charge on any atom is 0.269 e. The summed E-state index contributed by atoms with van der Waals surface area (Å²) in [5.41, 5.74) is 2.20. The Kier molecular flexibility index (Phi) is 11.4. The van der Waals surface area contributed by atoms with Gasteiger partial charge in [-0.15, -0.1) is 24.8 Å². The molecule has 12 heteroatoms. The molecule has 0 aliphatic carbocycles. The van der Waals surface area contributed by atoms with E-state index in [-0.39, 0.29) is 47.7 Å². The first-order valence-electron chi connectivity index (χ1n) is 11.4. The maximum absolute atomic E-state index is 13.2. The lowest BCUT2D eigenvalue weighted by Gasteiger charge is -2.13. The number of aromatic nitrogens is 1. The first-order valence-corrected chi connectivity index (χ1v) is 12.9. The molecular formula is C26H28Cl2N4O5S. The van der Waals surface area contributed by atoms with Gasteiger partial charge in [0, 0.05) is 54.0 Å². The van der Waals surface area contributed by atoms with Crippen molar-refractivity contribution in [1.29, 1.82) is 0 Å². The molecule has 0 spiro atoms. The van der Waals surface area contributed by atoms with Gasteiger partial charge in [-0.3, -0.25) is 15.1 Å². The highest BCUT2D eigenvalue weighted by molar-refractivity contribution is 7.89. The summed E-state index contributed by atoms with van der Waals surface area (Å²) in [6.07, 6.45) is 4.72. The molecule has 0 radical (unpaired) electrons. The number of nitrogens with one attached hydrogen (secondary N) is 2. The Balaban J connectivity index is 0.00000253. The number of sulfonamides is 1. The summed E-state index contributed by atoms with van der Waals surface area (Å²) < 4.78 is 29.0. The molecule has 0 fully saturated rings. The van der Waals surface area contributed by atoms with Crippen molar-refractivity contribution >= 4 is 51.3 Å². The summed E-state index contributed by atoms with van der Waals surface area (Å²) in [5.74, 6) is 0.0648. The molecule has 0 saturated heterocycles. The predicted octanol–water partition coefficient (Wildman–Crippen LogP) is 4.86. The Hall–Kier alpha value is -3.28.